The summed E-state index contributed by atoms with van der Waals surface area (Å²) in [5.74, 6) is 0.732. The second-order valence-electron chi connectivity index (χ2n) is 8.17. The highest BCUT2D eigenvalue weighted by atomic mass is 16.6. The molecule has 37 heavy (non-hydrogen) atoms. The molecule has 0 bridgehead atoms. The highest BCUT2D eigenvalue weighted by Crippen LogP contribution is 2.34. The smallest absolute Gasteiger partial charge is 0.346 e. The van der Waals surface area contributed by atoms with Gasteiger partial charge in [0.05, 0.1) is 31.3 Å². The van der Waals surface area contributed by atoms with Gasteiger partial charge in [-0.05, 0) is 43.2 Å². The molecule has 4 rings (SSSR count). The average Bonchev–Trinajstić information content (AvgIpc) is 2.93. The van der Waals surface area contributed by atoms with Gasteiger partial charge >= 0.3 is 5.97 Å². The number of allylic oxidation sites excluding steroid dienone is 1. The summed E-state index contributed by atoms with van der Waals surface area (Å²) >= 11 is 0. The zero-order valence-corrected chi connectivity index (χ0v) is 20.9. The van der Waals surface area contributed by atoms with Crippen LogP contribution in [0.25, 0.3) is 22.3 Å². The van der Waals surface area contributed by atoms with Crippen LogP contribution in [0.4, 0.5) is 0 Å². The SMILES string of the molecule is C=CCc1cc(C=Nn2c(-c3ccccc3)nc3ccccc3c2=O)cc(OC)c1O[C@H](C)C(=O)OC. The first-order valence-corrected chi connectivity index (χ1v) is 11.6. The van der Waals surface area contributed by atoms with Crippen molar-refractivity contribution in [2.75, 3.05) is 14.2 Å². The van der Waals surface area contributed by atoms with E-state index in [4.69, 9.17) is 19.2 Å². The van der Waals surface area contributed by atoms with Crippen LogP contribution in [0, 0.1) is 0 Å². The Morgan fingerprint density at radius 3 is 2.54 bits per heavy atom. The average molecular weight is 498 g/mol. The molecular formula is C29H27N3O5. The summed E-state index contributed by atoms with van der Waals surface area (Å²) in [5, 5.41) is 4.99. The molecule has 0 amide bonds. The number of rotatable bonds is 9. The Bertz CT molecular complexity index is 1530. The Balaban J connectivity index is 1.83. The lowest BCUT2D eigenvalue weighted by molar-refractivity contribution is -0.147. The van der Waals surface area contributed by atoms with Gasteiger partial charge in [0.1, 0.15) is 0 Å². The summed E-state index contributed by atoms with van der Waals surface area (Å²) in [6.07, 6.45) is 2.90. The van der Waals surface area contributed by atoms with Crippen molar-refractivity contribution in [3.8, 4) is 22.9 Å². The Hall–Kier alpha value is -4.72. The standard InChI is InChI=1S/C29H27N3O5/c1-5-11-22-16-20(17-25(35-3)26(22)37-19(2)29(34)36-4)18-30-32-27(21-12-7-6-8-13-21)31-24-15-10-9-14-23(24)28(32)33/h5-10,12-19H,1,11H2,2-4H3/t19-/m1/s1. The number of esters is 1. The molecule has 0 aliphatic rings. The monoisotopic (exact) mass is 497 g/mol. The molecule has 3 aromatic carbocycles. The van der Waals surface area contributed by atoms with E-state index in [0.29, 0.717) is 40.2 Å². The number of aromatic nitrogens is 2. The Morgan fingerprint density at radius 2 is 1.84 bits per heavy atom. The van der Waals surface area contributed by atoms with E-state index in [-0.39, 0.29) is 5.56 Å². The van der Waals surface area contributed by atoms with Crippen molar-refractivity contribution in [3.05, 3.63) is 101 Å². The molecule has 8 heteroatoms. The molecule has 1 heterocycles. The van der Waals surface area contributed by atoms with Crippen LogP contribution in [0.3, 0.4) is 0 Å². The van der Waals surface area contributed by atoms with Gasteiger partial charge in [0.2, 0.25) is 0 Å². The van der Waals surface area contributed by atoms with Gasteiger partial charge in [0.15, 0.2) is 23.4 Å². The van der Waals surface area contributed by atoms with Crippen LogP contribution in [0.5, 0.6) is 11.5 Å². The molecule has 188 valence electrons. The molecule has 8 nitrogen and oxygen atoms in total. The molecule has 0 unspecified atom stereocenters. The zero-order valence-electron chi connectivity index (χ0n) is 20.9. The molecule has 0 radical (unpaired) electrons. The molecule has 0 aliphatic heterocycles. The molecule has 0 N–H and O–H groups in total. The second kappa shape index (κ2) is 11.3. The van der Waals surface area contributed by atoms with E-state index in [1.807, 2.05) is 42.5 Å². The third kappa shape index (κ3) is 5.43. The van der Waals surface area contributed by atoms with E-state index in [2.05, 4.69) is 11.7 Å². The van der Waals surface area contributed by atoms with E-state index in [1.54, 1.807) is 43.5 Å². The molecule has 0 spiro atoms. The van der Waals surface area contributed by atoms with Crippen molar-refractivity contribution < 1.29 is 19.0 Å². The molecular weight excluding hydrogens is 470 g/mol. The maximum atomic E-state index is 13.4. The topological polar surface area (TPSA) is 92.0 Å². The first-order chi connectivity index (χ1) is 18.0. The van der Waals surface area contributed by atoms with Crippen LogP contribution in [0.15, 0.2) is 89.3 Å². The first kappa shape index (κ1) is 25.4. The summed E-state index contributed by atoms with van der Waals surface area (Å²) < 4.78 is 17.5. The summed E-state index contributed by atoms with van der Waals surface area (Å²) in [6.45, 7) is 5.42. The fourth-order valence-corrected chi connectivity index (χ4v) is 3.87. The number of methoxy groups -OCH3 is 2. The van der Waals surface area contributed by atoms with Gasteiger partial charge in [-0.2, -0.15) is 9.78 Å². The highest BCUT2D eigenvalue weighted by Gasteiger charge is 2.20. The number of hydrogen-bond donors (Lipinski definition) is 0. The van der Waals surface area contributed by atoms with Crippen LogP contribution < -0.4 is 15.0 Å². The minimum atomic E-state index is -0.835. The molecule has 1 atom stereocenters. The number of hydrogen-bond acceptors (Lipinski definition) is 7. The zero-order chi connectivity index (χ0) is 26.4. The van der Waals surface area contributed by atoms with E-state index >= 15 is 0 Å². The molecule has 1 aromatic heterocycles. The number of ether oxygens (including phenoxy) is 3. The van der Waals surface area contributed by atoms with Crippen molar-refractivity contribution in [3.63, 3.8) is 0 Å². The van der Waals surface area contributed by atoms with Gasteiger partial charge in [-0.3, -0.25) is 4.79 Å². The number of carbonyl (C=O) groups is 1. The molecule has 4 aromatic rings. The minimum absolute atomic E-state index is 0.286. The largest absolute Gasteiger partial charge is 0.493 e. The van der Waals surface area contributed by atoms with Crippen LogP contribution in [-0.2, 0) is 16.0 Å². The van der Waals surface area contributed by atoms with Crippen molar-refractivity contribution in [1.29, 1.82) is 0 Å². The lowest BCUT2D eigenvalue weighted by Crippen LogP contribution is -2.25. The van der Waals surface area contributed by atoms with Gasteiger partial charge < -0.3 is 14.2 Å². The lowest BCUT2D eigenvalue weighted by Gasteiger charge is -2.18. The lowest BCUT2D eigenvalue weighted by atomic mass is 10.1. The maximum absolute atomic E-state index is 13.4. The van der Waals surface area contributed by atoms with Gasteiger partial charge in [-0.25, -0.2) is 9.78 Å². The number of fused-ring (bicyclic) bond motifs is 1. The van der Waals surface area contributed by atoms with Crippen LogP contribution in [0.2, 0.25) is 0 Å². The number of para-hydroxylation sites is 1. The quantitative estimate of drug-likeness (QED) is 0.190. The molecule has 0 aliphatic carbocycles. The van der Waals surface area contributed by atoms with Crippen molar-refractivity contribution >= 4 is 23.1 Å². The molecule has 0 saturated carbocycles. The summed E-state index contributed by atoms with van der Waals surface area (Å²) in [4.78, 5) is 30.0. The number of carbonyl (C=O) groups excluding carboxylic acids is 1. The van der Waals surface area contributed by atoms with Gasteiger partial charge in [-0.1, -0.05) is 48.5 Å². The predicted octanol–water partition coefficient (Wildman–Crippen LogP) is 4.62. The van der Waals surface area contributed by atoms with Crippen molar-refractivity contribution in [2.45, 2.75) is 19.4 Å². The Morgan fingerprint density at radius 1 is 1.11 bits per heavy atom. The third-order valence-electron chi connectivity index (χ3n) is 5.67. The normalized spacial score (nSPS) is 11.9. The van der Waals surface area contributed by atoms with Gasteiger partial charge in [0, 0.05) is 11.1 Å². The molecule has 0 fully saturated rings. The summed E-state index contributed by atoms with van der Waals surface area (Å²) in [7, 11) is 2.81. The van der Waals surface area contributed by atoms with E-state index in [0.717, 1.165) is 11.1 Å². The third-order valence-corrected chi connectivity index (χ3v) is 5.67. The maximum Gasteiger partial charge on any atom is 0.346 e. The Kier molecular flexibility index (Phi) is 7.78. The second-order valence-corrected chi connectivity index (χ2v) is 8.17. The van der Waals surface area contributed by atoms with Crippen molar-refractivity contribution in [2.24, 2.45) is 5.10 Å². The highest BCUT2D eigenvalue weighted by molar-refractivity contribution is 5.83. The fraction of sp³-hybridized carbons (Fsp3) is 0.172. The predicted molar refractivity (Wildman–Crippen MR) is 143 cm³/mol. The van der Waals surface area contributed by atoms with Crippen LogP contribution >= 0.6 is 0 Å². The first-order valence-electron chi connectivity index (χ1n) is 11.6. The summed E-state index contributed by atoms with van der Waals surface area (Å²) in [6, 6.07) is 20.1. The van der Waals surface area contributed by atoms with Gasteiger partial charge in [0.25, 0.3) is 5.56 Å². The fourth-order valence-electron chi connectivity index (χ4n) is 3.87. The Labute approximate surface area is 214 Å². The minimum Gasteiger partial charge on any atom is -0.493 e. The van der Waals surface area contributed by atoms with E-state index < -0.39 is 12.1 Å². The number of benzene rings is 3. The van der Waals surface area contributed by atoms with E-state index in [9.17, 15) is 9.59 Å². The summed E-state index contributed by atoms with van der Waals surface area (Å²) in [5.41, 5.74) is 2.46. The van der Waals surface area contributed by atoms with Crippen molar-refractivity contribution in [1.82, 2.24) is 9.66 Å². The van der Waals surface area contributed by atoms with Crippen LogP contribution in [-0.4, -0.2) is 42.2 Å². The molecule has 0 saturated heterocycles. The number of nitrogens with zero attached hydrogens (tertiary/aromatic N) is 3. The van der Waals surface area contributed by atoms with Crippen LogP contribution in [0.1, 0.15) is 18.1 Å². The van der Waals surface area contributed by atoms with Gasteiger partial charge in [-0.15, -0.1) is 6.58 Å². The van der Waals surface area contributed by atoms with E-state index in [1.165, 1.54) is 18.9 Å².